The van der Waals surface area contributed by atoms with Crippen LogP contribution in [-0.4, -0.2) is 31.1 Å². The van der Waals surface area contributed by atoms with Crippen molar-refractivity contribution >= 4 is 15.9 Å². The van der Waals surface area contributed by atoms with Crippen LogP contribution in [0.15, 0.2) is 22.7 Å². The van der Waals surface area contributed by atoms with Crippen LogP contribution in [0, 0.1) is 6.92 Å². The molecule has 0 aromatic heterocycles. The molecule has 3 heteroatoms. The first-order chi connectivity index (χ1) is 7.84. The lowest BCUT2D eigenvalue weighted by Crippen LogP contribution is -2.46. The van der Waals surface area contributed by atoms with Gasteiger partial charge in [0.05, 0.1) is 0 Å². The van der Waals surface area contributed by atoms with Gasteiger partial charge in [0.1, 0.15) is 0 Å². The first-order valence-corrected chi connectivity index (χ1v) is 6.76. The molecule has 0 aliphatic carbocycles. The van der Waals surface area contributed by atoms with E-state index in [1.165, 1.54) is 11.1 Å². The minimum Gasteiger partial charge on any atom is -0.314 e. The zero-order valence-electron chi connectivity index (χ0n) is 11.5. The van der Waals surface area contributed by atoms with Crippen LogP contribution >= 0.6 is 15.9 Å². The van der Waals surface area contributed by atoms with E-state index >= 15 is 0 Å². The number of nitrogens with one attached hydrogen (secondary N) is 1. The van der Waals surface area contributed by atoms with Crippen LogP contribution in [0.4, 0.5) is 0 Å². The molecule has 0 aliphatic rings. The van der Waals surface area contributed by atoms with Crippen LogP contribution in [0.5, 0.6) is 0 Å². The van der Waals surface area contributed by atoms with Gasteiger partial charge in [-0.15, -0.1) is 0 Å². The molecule has 0 spiro atoms. The zero-order chi connectivity index (χ0) is 13.1. The summed E-state index contributed by atoms with van der Waals surface area (Å²) in [4.78, 5) is 2.35. The van der Waals surface area contributed by atoms with E-state index in [1.54, 1.807) is 0 Å². The van der Waals surface area contributed by atoms with Crippen molar-refractivity contribution in [3.8, 4) is 0 Å². The molecule has 17 heavy (non-hydrogen) atoms. The lowest BCUT2D eigenvalue weighted by atomic mass is 10.0. The van der Waals surface area contributed by atoms with Gasteiger partial charge in [-0.2, -0.15) is 0 Å². The first kappa shape index (κ1) is 14.7. The predicted molar refractivity (Wildman–Crippen MR) is 78.4 cm³/mol. The molecule has 2 nitrogen and oxygen atoms in total. The molecule has 0 bridgehead atoms. The van der Waals surface area contributed by atoms with Gasteiger partial charge in [0.15, 0.2) is 0 Å². The minimum atomic E-state index is 0.147. The average Bonchev–Trinajstić information content (AvgIpc) is 2.23. The second-order valence-electron chi connectivity index (χ2n) is 5.38. The fourth-order valence-electron chi connectivity index (χ4n) is 1.91. The molecule has 1 aromatic rings. The molecule has 1 N–H and O–H groups in total. The predicted octanol–water partition coefficient (Wildman–Crippen LogP) is 3.19. The number of nitrogens with zero attached hydrogens (tertiary/aromatic N) is 1. The van der Waals surface area contributed by atoms with Crippen LogP contribution in [-0.2, 0) is 6.54 Å². The van der Waals surface area contributed by atoms with E-state index in [1.807, 2.05) is 7.05 Å². The molecule has 1 rings (SSSR count). The second-order valence-corrected chi connectivity index (χ2v) is 6.29. The summed E-state index contributed by atoms with van der Waals surface area (Å²) in [6, 6.07) is 6.46. The first-order valence-electron chi connectivity index (χ1n) is 5.96. The average molecular weight is 299 g/mol. The Morgan fingerprint density at radius 1 is 1.35 bits per heavy atom. The highest BCUT2D eigenvalue weighted by molar-refractivity contribution is 9.10. The van der Waals surface area contributed by atoms with Crippen LogP contribution in [0.3, 0.4) is 0 Å². The number of hydrogen-bond acceptors (Lipinski definition) is 2. The molecule has 0 saturated heterocycles. The van der Waals surface area contributed by atoms with Gasteiger partial charge >= 0.3 is 0 Å². The van der Waals surface area contributed by atoms with E-state index in [2.05, 4.69) is 72.2 Å². The Morgan fingerprint density at radius 3 is 2.59 bits per heavy atom. The number of halogens is 1. The molecule has 0 heterocycles. The molecule has 0 amide bonds. The van der Waals surface area contributed by atoms with E-state index in [-0.39, 0.29) is 5.54 Å². The van der Waals surface area contributed by atoms with Crippen molar-refractivity contribution in [1.29, 1.82) is 0 Å². The number of aryl methyl sites for hydroxylation is 1. The van der Waals surface area contributed by atoms with Crippen LogP contribution in [0.2, 0.25) is 0 Å². The van der Waals surface area contributed by atoms with E-state index < -0.39 is 0 Å². The lowest BCUT2D eigenvalue weighted by molar-refractivity contribution is 0.238. The summed E-state index contributed by atoms with van der Waals surface area (Å²) in [7, 11) is 4.18. The topological polar surface area (TPSA) is 15.3 Å². The van der Waals surface area contributed by atoms with Crippen LogP contribution in [0.1, 0.15) is 25.0 Å². The SMILES string of the molecule is CNC(C)(C)CN(C)Cc1cc(Br)ccc1C. The molecular formula is C14H23BrN2. The Bertz CT molecular complexity index is 374. The van der Waals surface area contributed by atoms with Crippen molar-refractivity contribution in [2.75, 3.05) is 20.6 Å². The number of hydrogen-bond donors (Lipinski definition) is 1. The van der Waals surface area contributed by atoms with E-state index in [0.717, 1.165) is 17.6 Å². The third-order valence-corrected chi connectivity index (χ3v) is 3.59. The van der Waals surface area contributed by atoms with Gasteiger partial charge in [0, 0.05) is 23.1 Å². The number of likely N-dealkylation sites (N-methyl/N-ethyl adjacent to an activating group) is 2. The van der Waals surface area contributed by atoms with Crippen molar-refractivity contribution < 1.29 is 0 Å². The largest absolute Gasteiger partial charge is 0.314 e. The van der Waals surface area contributed by atoms with E-state index in [9.17, 15) is 0 Å². The Hall–Kier alpha value is -0.380. The Balaban J connectivity index is 2.68. The summed E-state index contributed by atoms with van der Waals surface area (Å²) >= 11 is 3.53. The van der Waals surface area contributed by atoms with Gasteiger partial charge in [-0.1, -0.05) is 22.0 Å². The van der Waals surface area contributed by atoms with Crippen LogP contribution < -0.4 is 5.32 Å². The van der Waals surface area contributed by atoms with Gasteiger partial charge in [-0.05, 0) is 58.1 Å². The van der Waals surface area contributed by atoms with E-state index in [4.69, 9.17) is 0 Å². The number of rotatable bonds is 5. The van der Waals surface area contributed by atoms with Crippen molar-refractivity contribution in [3.05, 3.63) is 33.8 Å². The van der Waals surface area contributed by atoms with Gasteiger partial charge < -0.3 is 10.2 Å². The summed E-state index contributed by atoms with van der Waals surface area (Å²) in [6.07, 6.45) is 0. The third kappa shape index (κ3) is 4.78. The molecular weight excluding hydrogens is 276 g/mol. The summed E-state index contributed by atoms with van der Waals surface area (Å²) in [5.74, 6) is 0. The monoisotopic (exact) mass is 298 g/mol. The molecule has 0 atom stereocenters. The molecule has 0 radical (unpaired) electrons. The van der Waals surface area contributed by atoms with Gasteiger partial charge in [0.2, 0.25) is 0 Å². The lowest BCUT2D eigenvalue weighted by Gasteiger charge is -2.30. The highest BCUT2D eigenvalue weighted by Gasteiger charge is 2.17. The standard InChI is InChI=1S/C14H23BrN2/c1-11-6-7-13(15)8-12(11)9-17(5)10-14(2,3)16-4/h6-8,16H,9-10H2,1-5H3. The van der Waals surface area contributed by atoms with E-state index in [0.29, 0.717) is 0 Å². The Morgan fingerprint density at radius 2 is 2.00 bits per heavy atom. The van der Waals surface area contributed by atoms with Crippen molar-refractivity contribution in [2.45, 2.75) is 32.9 Å². The number of benzene rings is 1. The summed E-state index contributed by atoms with van der Waals surface area (Å²) in [5.41, 5.74) is 2.88. The minimum absolute atomic E-state index is 0.147. The van der Waals surface area contributed by atoms with Crippen molar-refractivity contribution in [2.24, 2.45) is 0 Å². The molecule has 1 aromatic carbocycles. The second kappa shape index (κ2) is 5.98. The highest BCUT2D eigenvalue weighted by Crippen LogP contribution is 2.18. The third-order valence-electron chi connectivity index (χ3n) is 3.09. The molecule has 0 unspecified atom stereocenters. The van der Waals surface area contributed by atoms with Gasteiger partial charge in [0.25, 0.3) is 0 Å². The fourth-order valence-corrected chi connectivity index (χ4v) is 2.32. The van der Waals surface area contributed by atoms with Gasteiger partial charge in [-0.25, -0.2) is 0 Å². The summed E-state index contributed by atoms with van der Waals surface area (Å²) < 4.78 is 1.15. The molecule has 0 aliphatic heterocycles. The maximum absolute atomic E-state index is 3.53. The molecule has 0 fully saturated rings. The zero-order valence-corrected chi connectivity index (χ0v) is 13.1. The molecule has 96 valence electrons. The Kier molecular flexibility index (Phi) is 5.17. The summed E-state index contributed by atoms with van der Waals surface area (Å²) in [5, 5.41) is 3.33. The quantitative estimate of drug-likeness (QED) is 0.898. The Labute approximate surface area is 114 Å². The maximum atomic E-state index is 3.53. The highest BCUT2D eigenvalue weighted by atomic mass is 79.9. The summed E-state index contributed by atoms with van der Waals surface area (Å²) in [6.45, 7) is 8.61. The fraction of sp³-hybridized carbons (Fsp3) is 0.571. The maximum Gasteiger partial charge on any atom is 0.0249 e. The molecule has 0 saturated carbocycles. The van der Waals surface area contributed by atoms with Crippen molar-refractivity contribution in [1.82, 2.24) is 10.2 Å². The normalized spacial score (nSPS) is 12.2. The van der Waals surface area contributed by atoms with Gasteiger partial charge in [-0.3, -0.25) is 0 Å². The van der Waals surface area contributed by atoms with Crippen LogP contribution in [0.25, 0.3) is 0 Å². The van der Waals surface area contributed by atoms with Crippen molar-refractivity contribution in [3.63, 3.8) is 0 Å². The smallest absolute Gasteiger partial charge is 0.0249 e.